The molecule has 0 aromatic heterocycles. The molecule has 0 fully saturated rings. The number of hydrogen-bond acceptors (Lipinski definition) is 3. The number of ether oxygens (including phenoxy) is 1. The highest BCUT2D eigenvalue weighted by Gasteiger charge is 2.30. The van der Waals surface area contributed by atoms with Gasteiger partial charge in [0, 0.05) is 12.2 Å². The summed E-state index contributed by atoms with van der Waals surface area (Å²) in [5, 5.41) is 5.39. The summed E-state index contributed by atoms with van der Waals surface area (Å²) in [5.74, 6) is 0.399. The number of carbonyl (C=O) groups is 1. The molecule has 0 aliphatic rings. The molecule has 134 valence electrons. The van der Waals surface area contributed by atoms with Crippen molar-refractivity contribution >= 4 is 11.6 Å². The Labute approximate surface area is 144 Å². The van der Waals surface area contributed by atoms with E-state index in [1.165, 1.54) is 12.1 Å². The molecule has 2 rings (SSSR count). The Bertz CT molecular complexity index is 717. The van der Waals surface area contributed by atoms with E-state index >= 15 is 0 Å². The summed E-state index contributed by atoms with van der Waals surface area (Å²) in [6.45, 7) is 2.63. The number of hydrogen-bond donors (Lipinski definition) is 2. The quantitative estimate of drug-likeness (QED) is 0.796. The van der Waals surface area contributed by atoms with Crippen molar-refractivity contribution in [2.24, 2.45) is 0 Å². The predicted octanol–water partition coefficient (Wildman–Crippen LogP) is 3.83. The van der Waals surface area contributed by atoms with E-state index in [0.29, 0.717) is 13.2 Å². The number of amides is 1. The summed E-state index contributed by atoms with van der Waals surface area (Å²) in [7, 11) is 0. The van der Waals surface area contributed by atoms with Crippen molar-refractivity contribution < 1.29 is 22.7 Å². The van der Waals surface area contributed by atoms with Gasteiger partial charge in [0.25, 0.3) is 0 Å². The van der Waals surface area contributed by atoms with Crippen LogP contribution in [0.3, 0.4) is 0 Å². The molecule has 0 radical (unpaired) electrons. The third-order valence-electron chi connectivity index (χ3n) is 3.34. The lowest BCUT2D eigenvalue weighted by Gasteiger charge is -2.11. The fourth-order valence-electron chi connectivity index (χ4n) is 2.16. The van der Waals surface area contributed by atoms with Crippen LogP contribution >= 0.6 is 0 Å². The van der Waals surface area contributed by atoms with Crippen LogP contribution in [0.25, 0.3) is 0 Å². The molecule has 2 aromatic carbocycles. The number of rotatable bonds is 7. The Morgan fingerprint density at radius 1 is 1.12 bits per heavy atom. The summed E-state index contributed by atoms with van der Waals surface area (Å²) < 4.78 is 43.3. The van der Waals surface area contributed by atoms with Gasteiger partial charge in [-0.1, -0.05) is 18.2 Å². The monoisotopic (exact) mass is 352 g/mol. The van der Waals surface area contributed by atoms with Crippen LogP contribution in [-0.2, 0) is 17.5 Å². The van der Waals surface area contributed by atoms with Gasteiger partial charge in [-0.2, -0.15) is 13.2 Å². The fraction of sp³-hybridized carbons (Fsp3) is 0.278. The molecule has 0 heterocycles. The first-order chi connectivity index (χ1) is 11.9. The Balaban J connectivity index is 1.84. The molecule has 7 heteroatoms. The molecule has 0 atom stereocenters. The average Bonchev–Trinajstić information content (AvgIpc) is 2.58. The Kier molecular flexibility index (Phi) is 6.27. The van der Waals surface area contributed by atoms with Gasteiger partial charge in [0.15, 0.2) is 0 Å². The van der Waals surface area contributed by atoms with Crippen LogP contribution in [0.4, 0.5) is 18.9 Å². The number of carbonyl (C=O) groups excluding carboxylic acids is 1. The molecule has 0 saturated carbocycles. The third kappa shape index (κ3) is 6.02. The second kappa shape index (κ2) is 8.41. The van der Waals surface area contributed by atoms with E-state index in [1.807, 2.05) is 31.2 Å². The summed E-state index contributed by atoms with van der Waals surface area (Å²) in [4.78, 5) is 11.9. The van der Waals surface area contributed by atoms with Crippen molar-refractivity contribution in [2.75, 3.05) is 18.5 Å². The van der Waals surface area contributed by atoms with E-state index in [4.69, 9.17) is 4.74 Å². The van der Waals surface area contributed by atoms with Crippen molar-refractivity contribution in [3.63, 3.8) is 0 Å². The van der Waals surface area contributed by atoms with Crippen molar-refractivity contribution in [3.05, 3.63) is 59.7 Å². The van der Waals surface area contributed by atoms with Crippen LogP contribution < -0.4 is 15.4 Å². The minimum absolute atomic E-state index is 0.119. The lowest BCUT2D eigenvalue weighted by Crippen LogP contribution is -2.29. The Morgan fingerprint density at radius 3 is 2.60 bits per heavy atom. The first-order valence-corrected chi connectivity index (χ1v) is 7.78. The molecule has 0 saturated heterocycles. The maximum atomic E-state index is 12.6. The first-order valence-electron chi connectivity index (χ1n) is 7.78. The molecule has 1 amide bonds. The minimum Gasteiger partial charge on any atom is -0.494 e. The minimum atomic E-state index is -4.41. The SMILES string of the molecule is CCOc1cccc(CNC(=O)CNc2cccc(C(F)(F)F)c2)c1. The summed E-state index contributed by atoms with van der Waals surface area (Å²) in [6.07, 6.45) is -4.41. The first kappa shape index (κ1) is 18.6. The Morgan fingerprint density at radius 2 is 1.88 bits per heavy atom. The molecule has 2 N–H and O–H groups in total. The van der Waals surface area contributed by atoms with Gasteiger partial charge in [-0.3, -0.25) is 4.79 Å². The molecule has 0 aliphatic heterocycles. The maximum Gasteiger partial charge on any atom is 0.416 e. The fourth-order valence-corrected chi connectivity index (χ4v) is 2.16. The summed E-state index contributed by atoms with van der Waals surface area (Å²) in [6, 6.07) is 12.1. The number of anilines is 1. The standard InChI is InChI=1S/C18H19F3N2O2/c1-2-25-16-8-3-5-13(9-16)11-23-17(24)12-22-15-7-4-6-14(10-15)18(19,20)21/h3-10,22H,2,11-12H2,1H3,(H,23,24). The van der Waals surface area contributed by atoms with Crippen molar-refractivity contribution in [1.29, 1.82) is 0 Å². The van der Waals surface area contributed by atoms with E-state index in [2.05, 4.69) is 10.6 Å². The van der Waals surface area contributed by atoms with Crippen LogP contribution in [0.5, 0.6) is 5.75 Å². The van der Waals surface area contributed by atoms with Crippen LogP contribution in [0.1, 0.15) is 18.1 Å². The van der Waals surface area contributed by atoms with E-state index in [-0.39, 0.29) is 18.1 Å². The average molecular weight is 352 g/mol. The van der Waals surface area contributed by atoms with Crippen LogP contribution in [0.15, 0.2) is 48.5 Å². The van der Waals surface area contributed by atoms with E-state index < -0.39 is 11.7 Å². The summed E-state index contributed by atoms with van der Waals surface area (Å²) in [5.41, 5.74) is 0.354. The lowest BCUT2D eigenvalue weighted by molar-refractivity contribution is -0.137. The van der Waals surface area contributed by atoms with Gasteiger partial charge in [-0.25, -0.2) is 0 Å². The highest BCUT2D eigenvalue weighted by Crippen LogP contribution is 2.30. The van der Waals surface area contributed by atoms with Crippen LogP contribution in [-0.4, -0.2) is 19.1 Å². The van der Waals surface area contributed by atoms with Gasteiger partial charge >= 0.3 is 6.18 Å². The van der Waals surface area contributed by atoms with Crippen molar-refractivity contribution in [1.82, 2.24) is 5.32 Å². The normalized spacial score (nSPS) is 11.0. The number of halogens is 3. The zero-order valence-corrected chi connectivity index (χ0v) is 13.7. The molecular weight excluding hydrogens is 333 g/mol. The van der Waals surface area contributed by atoms with Gasteiger partial charge in [-0.15, -0.1) is 0 Å². The highest BCUT2D eigenvalue weighted by atomic mass is 19.4. The number of benzene rings is 2. The smallest absolute Gasteiger partial charge is 0.416 e. The zero-order chi connectivity index (χ0) is 18.3. The molecule has 0 bridgehead atoms. The largest absolute Gasteiger partial charge is 0.494 e. The van der Waals surface area contributed by atoms with E-state index in [1.54, 1.807) is 0 Å². The van der Waals surface area contributed by atoms with E-state index in [9.17, 15) is 18.0 Å². The van der Waals surface area contributed by atoms with E-state index in [0.717, 1.165) is 23.4 Å². The Hall–Kier alpha value is -2.70. The zero-order valence-electron chi connectivity index (χ0n) is 13.7. The van der Waals surface area contributed by atoms with Crippen molar-refractivity contribution in [2.45, 2.75) is 19.6 Å². The number of alkyl halides is 3. The van der Waals surface area contributed by atoms with Gasteiger partial charge < -0.3 is 15.4 Å². The van der Waals surface area contributed by atoms with Crippen molar-refractivity contribution in [3.8, 4) is 5.75 Å². The third-order valence-corrected chi connectivity index (χ3v) is 3.34. The lowest BCUT2D eigenvalue weighted by atomic mass is 10.2. The van der Waals surface area contributed by atoms with Gasteiger partial charge in [0.05, 0.1) is 18.7 Å². The summed E-state index contributed by atoms with van der Waals surface area (Å²) >= 11 is 0. The maximum absolute atomic E-state index is 12.6. The van der Waals surface area contributed by atoms with Crippen LogP contribution in [0, 0.1) is 0 Å². The molecule has 25 heavy (non-hydrogen) atoms. The van der Waals surface area contributed by atoms with Gasteiger partial charge in [0.2, 0.25) is 5.91 Å². The molecule has 2 aromatic rings. The predicted molar refractivity (Wildman–Crippen MR) is 89.4 cm³/mol. The molecule has 0 aliphatic carbocycles. The molecule has 0 spiro atoms. The topological polar surface area (TPSA) is 50.4 Å². The molecule has 4 nitrogen and oxygen atoms in total. The highest BCUT2D eigenvalue weighted by molar-refractivity contribution is 5.80. The second-order valence-electron chi connectivity index (χ2n) is 5.29. The molecular formula is C18H19F3N2O2. The molecule has 0 unspecified atom stereocenters. The van der Waals surface area contributed by atoms with Gasteiger partial charge in [0.1, 0.15) is 5.75 Å². The second-order valence-corrected chi connectivity index (χ2v) is 5.29. The number of nitrogens with one attached hydrogen (secondary N) is 2. The van der Waals surface area contributed by atoms with Gasteiger partial charge in [-0.05, 0) is 42.8 Å². The van der Waals surface area contributed by atoms with Crippen LogP contribution in [0.2, 0.25) is 0 Å².